The van der Waals surface area contributed by atoms with Gasteiger partial charge in [0.1, 0.15) is 0 Å². The first-order valence-corrected chi connectivity index (χ1v) is 11.1. The van der Waals surface area contributed by atoms with Crippen LogP contribution in [-0.4, -0.2) is 28.5 Å². The minimum Gasteiger partial charge on any atom is -0.454 e. The second-order valence-electron chi connectivity index (χ2n) is 7.14. The summed E-state index contributed by atoms with van der Waals surface area (Å²) in [6, 6.07) is 13.3. The summed E-state index contributed by atoms with van der Waals surface area (Å²) in [5, 5.41) is 5.33. The van der Waals surface area contributed by atoms with Crippen molar-refractivity contribution in [1.82, 2.24) is 4.98 Å². The van der Waals surface area contributed by atoms with E-state index in [9.17, 15) is 9.59 Å². The van der Waals surface area contributed by atoms with Gasteiger partial charge in [-0.3, -0.25) is 19.8 Å². The van der Waals surface area contributed by atoms with Gasteiger partial charge in [0.25, 0.3) is 5.91 Å². The zero-order valence-corrected chi connectivity index (χ0v) is 17.2. The zero-order chi connectivity index (χ0) is 20.3. The van der Waals surface area contributed by atoms with E-state index in [-0.39, 0.29) is 18.6 Å². The maximum atomic E-state index is 13.3. The van der Waals surface area contributed by atoms with Gasteiger partial charge in [-0.2, -0.15) is 0 Å². The lowest BCUT2D eigenvalue weighted by molar-refractivity contribution is -0.121. The maximum Gasteiger partial charge on any atom is 0.263 e. The van der Waals surface area contributed by atoms with Crippen molar-refractivity contribution in [3.8, 4) is 22.8 Å². The predicted octanol–water partition coefficient (Wildman–Crippen LogP) is 4.11. The lowest BCUT2D eigenvalue weighted by Gasteiger charge is -2.29. The molecule has 3 aromatic rings. The van der Waals surface area contributed by atoms with Gasteiger partial charge in [0.15, 0.2) is 21.5 Å². The fraction of sp³-hybridized carbons (Fsp3) is 0.190. The van der Waals surface area contributed by atoms with E-state index in [0.717, 1.165) is 21.8 Å². The molecule has 1 atom stereocenters. The number of benzene rings is 2. The van der Waals surface area contributed by atoms with Gasteiger partial charge in [-0.1, -0.05) is 23.9 Å². The van der Waals surface area contributed by atoms with E-state index in [1.807, 2.05) is 47.8 Å². The molecule has 7 nitrogen and oxygen atoms in total. The average molecular weight is 438 g/mol. The maximum absolute atomic E-state index is 13.3. The van der Waals surface area contributed by atoms with Gasteiger partial charge < -0.3 is 9.47 Å². The highest BCUT2D eigenvalue weighted by atomic mass is 32.2. The lowest BCUT2D eigenvalue weighted by atomic mass is 10.1. The SMILES string of the molecule is O=C1CCC2(C(=O)Nc3nc(-c4ccc5c(c4)OCO5)cs3)Sc3ccccc3N12. The van der Waals surface area contributed by atoms with Crippen LogP contribution in [0.5, 0.6) is 11.5 Å². The highest BCUT2D eigenvalue weighted by molar-refractivity contribution is 8.02. The fourth-order valence-electron chi connectivity index (χ4n) is 4.01. The monoisotopic (exact) mass is 437 g/mol. The molecule has 30 heavy (non-hydrogen) atoms. The Morgan fingerprint density at radius 1 is 1.17 bits per heavy atom. The number of thioether (sulfide) groups is 1. The molecular weight excluding hydrogens is 422 g/mol. The Morgan fingerprint density at radius 2 is 2.03 bits per heavy atom. The third-order valence-electron chi connectivity index (χ3n) is 5.42. The van der Waals surface area contributed by atoms with Crippen LogP contribution < -0.4 is 19.7 Å². The van der Waals surface area contributed by atoms with Crippen LogP contribution in [0.25, 0.3) is 11.3 Å². The van der Waals surface area contributed by atoms with Crippen LogP contribution in [0.4, 0.5) is 10.8 Å². The van der Waals surface area contributed by atoms with Gasteiger partial charge in [0, 0.05) is 22.3 Å². The van der Waals surface area contributed by atoms with Crippen LogP contribution in [0.3, 0.4) is 0 Å². The summed E-state index contributed by atoms with van der Waals surface area (Å²) in [5.74, 6) is 1.15. The molecule has 1 N–H and O–H groups in total. The summed E-state index contributed by atoms with van der Waals surface area (Å²) in [6.45, 7) is 0.217. The van der Waals surface area contributed by atoms with Crippen LogP contribution in [0.15, 0.2) is 52.7 Å². The van der Waals surface area contributed by atoms with Gasteiger partial charge in [-0.05, 0) is 36.8 Å². The highest BCUT2D eigenvalue weighted by Gasteiger charge is 2.57. The highest BCUT2D eigenvalue weighted by Crippen LogP contribution is 2.56. The van der Waals surface area contributed by atoms with E-state index in [1.54, 1.807) is 4.90 Å². The van der Waals surface area contributed by atoms with Gasteiger partial charge in [-0.25, -0.2) is 4.98 Å². The van der Waals surface area contributed by atoms with Crippen molar-refractivity contribution in [3.05, 3.63) is 47.8 Å². The van der Waals surface area contributed by atoms with E-state index in [1.165, 1.54) is 23.1 Å². The number of ether oxygens (including phenoxy) is 2. The van der Waals surface area contributed by atoms with Crippen molar-refractivity contribution in [3.63, 3.8) is 0 Å². The molecule has 3 aliphatic rings. The number of amides is 2. The smallest absolute Gasteiger partial charge is 0.263 e. The van der Waals surface area contributed by atoms with E-state index in [0.29, 0.717) is 29.5 Å². The largest absolute Gasteiger partial charge is 0.454 e. The van der Waals surface area contributed by atoms with Crippen molar-refractivity contribution in [2.75, 3.05) is 17.0 Å². The fourth-order valence-corrected chi connectivity index (χ4v) is 6.14. The summed E-state index contributed by atoms with van der Waals surface area (Å²) in [4.78, 5) is 32.1. The number of anilines is 2. The summed E-state index contributed by atoms with van der Waals surface area (Å²) in [6.07, 6.45) is 0.826. The number of aromatic nitrogens is 1. The molecule has 150 valence electrons. The number of hydrogen-bond acceptors (Lipinski definition) is 7. The van der Waals surface area contributed by atoms with Gasteiger partial charge >= 0.3 is 0 Å². The quantitative estimate of drug-likeness (QED) is 0.664. The molecule has 4 heterocycles. The molecule has 6 rings (SSSR count). The van der Waals surface area contributed by atoms with Crippen molar-refractivity contribution in [1.29, 1.82) is 0 Å². The van der Waals surface area contributed by atoms with E-state index < -0.39 is 4.87 Å². The first-order chi connectivity index (χ1) is 14.6. The third kappa shape index (κ3) is 2.55. The van der Waals surface area contributed by atoms with E-state index in [2.05, 4.69) is 10.3 Å². The van der Waals surface area contributed by atoms with Crippen LogP contribution in [0.2, 0.25) is 0 Å². The molecule has 3 aliphatic heterocycles. The molecule has 2 aromatic carbocycles. The van der Waals surface area contributed by atoms with E-state index >= 15 is 0 Å². The molecule has 1 saturated heterocycles. The average Bonchev–Trinajstić information content (AvgIpc) is 3.51. The number of fused-ring (bicyclic) bond motifs is 4. The van der Waals surface area contributed by atoms with Crippen molar-refractivity contribution < 1.29 is 19.1 Å². The second kappa shape index (κ2) is 6.48. The van der Waals surface area contributed by atoms with Gasteiger partial charge in [0.2, 0.25) is 12.7 Å². The lowest BCUT2D eigenvalue weighted by Crippen LogP contribution is -2.49. The number of carbonyl (C=O) groups is 2. The molecule has 1 aromatic heterocycles. The number of hydrogen-bond donors (Lipinski definition) is 1. The summed E-state index contributed by atoms with van der Waals surface area (Å²) in [7, 11) is 0. The molecule has 0 bridgehead atoms. The minimum atomic E-state index is -0.953. The number of nitrogens with one attached hydrogen (secondary N) is 1. The van der Waals surface area contributed by atoms with Crippen LogP contribution in [-0.2, 0) is 9.59 Å². The molecule has 0 aliphatic carbocycles. The Hall–Kier alpha value is -3.04. The number of rotatable bonds is 3. The number of carbonyl (C=O) groups excluding carboxylic acids is 2. The topological polar surface area (TPSA) is 80.8 Å². The molecule has 2 amide bonds. The Labute approximate surface area is 180 Å². The Kier molecular flexibility index (Phi) is 3.84. The van der Waals surface area contributed by atoms with Crippen molar-refractivity contribution in [2.45, 2.75) is 22.6 Å². The first kappa shape index (κ1) is 17.8. The summed E-state index contributed by atoms with van der Waals surface area (Å²) in [5.41, 5.74) is 2.43. The molecule has 0 saturated carbocycles. The van der Waals surface area contributed by atoms with Crippen molar-refractivity contribution in [2.24, 2.45) is 0 Å². The van der Waals surface area contributed by atoms with Crippen LogP contribution >= 0.6 is 23.1 Å². The standard InChI is InChI=1S/C21H15N3O4S2/c25-18-7-8-21(24(18)14-3-1-2-4-17(14)30-21)19(26)23-20-22-13(10-29-20)12-5-6-15-16(9-12)28-11-27-15/h1-6,9-10H,7-8,11H2,(H,22,23,26). The van der Waals surface area contributed by atoms with Crippen LogP contribution in [0.1, 0.15) is 12.8 Å². The van der Waals surface area contributed by atoms with E-state index in [4.69, 9.17) is 9.47 Å². The normalized spacial score (nSPS) is 20.9. The molecule has 1 unspecified atom stereocenters. The van der Waals surface area contributed by atoms with Gasteiger partial charge in [0.05, 0.1) is 11.4 Å². The molecular formula is C21H15N3O4S2. The molecule has 1 fully saturated rings. The Morgan fingerprint density at radius 3 is 2.97 bits per heavy atom. The Bertz CT molecular complexity index is 1210. The number of thiazole rings is 1. The third-order valence-corrected chi connectivity index (χ3v) is 7.65. The first-order valence-electron chi connectivity index (χ1n) is 9.42. The van der Waals surface area contributed by atoms with Crippen LogP contribution in [0, 0.1) is 0 Å². The van der Waals surface area contributed by atoms with Gasteiger partial charge in [-0.15, -0.1) is 11.3 Å². The number of para-hydroxylation sites is 1. The molecule has 9 heteroatoms. The number of nitrogens with zero attached hydrogens (tertiary/aromatic N) is 2. The molecule has 0 radical (unpaired) electrons. The van der Waals surface area contributed by atoms with Crippen molar-refractivity contribution >= 4 is 45.7 Å². The Balaban J connectivity index is 1.27. The zero-order valence-electron chi connectivity index (χ0n) is 15.6. The predicted molar refractivity (Wildman–Crippen MR) is 114 cm³/mol. The molecule has 0 spiro atoms. The summed E-state index contributed by atoms with van der Waals surface area (Å²) < 4.78 is 10.8. The summed E-state index contributed by atoms with van der Waals surface area (Å²) >= 11 is 2.79. The second-order valence-corrected chi connectivity index (χ2v) is 9.32. The minimum absolute atomic E-state index is 0.0252.